The van der Waals surface area contributed by atoms with Crippen molar-refractivity contribution in [2.45, 2.75) is 0 Å². The number of rotatable bonds is 2. The van der Waals surface area contributed by atoms with Gasteiger partial charge in [-0.2, -0.15) is 0 Å². The first-order valence-electron chi connectivity index (χ1n) is 7.47. The Morgan fingerprint density at radius 2 is 1.64 bits per heavy atom. The lowest BCUT2D eigenvalue weighted by Crippen LogP contribution is -2.47. The van der Waals surface area contributed by atoms with E-state index in [1.165, 1.54) is 12.1 Å². The third kappa shape index (κ3) is 3.17. The zero-order chi connectivity index (χ0) is 15.5. The number of amides is 1. The molecule has 1 heterocycles. The predicted molar refractivity (Wildman–Crippen MR) is 85.2 cm³/mol. The van der Waals surface area contributed by atoms with E-state index < -0.39 is 0 Å². The van der Waals surface area contributed by atoms with Gasteiger partial charge in [-0.25, -0.2) is 4.39 Å². The molecule has 0 saturated carbocycles. The third-order valence-corrected chi connectivity index (χ3v) is 4.04. The van der Waals surface area contributed by atoms with Crippen molar-refractivity contribution in [1.82, 2.24) is 9.80 Å². The predicted octanol–water partition coefficient (Wildman–Crippen LogP) is 2.88. The summed E-state index contributed by atoms with van der Waals surface area (Å²) >= 11 is 0. The normalized spacial score (nSPS) is 15.8. The number of likely N-dealkylation sites (N-methyl/N-ethyl adjacent to an activating group) is 1. The fourth-order valence-corrected chi connectivity index (χ4v) is 2.70. The maximum absolute atomic E-state index is 13.9. The summed E-state index contributed by atoms with van der Waals surface area (Å²) in [6, 6.07) is 14.1. The van der Waals surface area contributed by atoms with Crippen LogP contribution in [0.1, 0.15) is 10.4 Å². The Bertz CT molecular complexity index is 664. The average Bonchev–Trinajstić information content (AvgIpc) is 2.55. The van der Waals surface area contributed by atoms with Gasteiger partial charge in [-0.05, 0) is 36.4 Å². The van der Waals surface area contributed by atoms with Crippen LogP contribution in [0.3, 0.4) is 0 Å². The van der Waals surface area contributed by atoms with E-state index in [-0.39, 0.29) is 11.7 Å². The van der Waals surface area contributed by atoms with Crippen molar-refractivity contribution >= 4 is 5.91 Å². The van der Waals surface area contributed by atoms with E-state index in [4.69, 9.17) is 0 Å². The van der Waals surface area contributed by atoms with Crippen LogP contribution >= 0.6 is 0 Å². The molecule has 2 aromatic carbocycles. The number of benzene rings is 2. The number of piperazine rings is 1. The molecule has 0 N–H and O–H groups in total. The zero-order valence-corrected chi connectivity index (χ0v) is 12.6. The van der Waals surface area contributed by atoms with Crippen molar-refractivity contribution in [2.24, 2.45) is 0 Å². The van der Waals surface area contributed by atoms with Gasteiger partial charge in [-0.15, -0.1) is 0 Å². The molecule has 1 saturated heterocycles. The lowest BCUT2D eigenvalue weighted by atomic mass is 10.0. The molecule has 0 atom stereocenters. The monoisotopic (exact) mass is 298 g/mol. The molecule has 1 aliphatic heterocycles. The molecular formula is C18H19FN2O. The van der Waals surface area contributed by atoms with Crippen molar-refractivity contribution in [2.75, 3.05) is 33.2 Å². The topological polar surface area (TPSA) is 23.6 Å². The SMILES string of the molecule is CN1CCN(C(=O)c2cc(F)cc(-c3ccccc3)c2)CC1. The molecule has 0 radical (unpaired) electrons. The van der Waals surface area contributed by atoms with E-state index in [9.17, 15) is 9.18 Å². The van der Waals surface area contributed by atoms with E-state index in [0.717, 1.165) is 24.2 Å². The van der Waals surface area contributed by atoms with Crippen LogP contribution in [0.2, 0.25) is 0 Å². The summed E-state index contributed by atoms with van der Waals surface area (Å²) < 4.78 is 13.9. The fourth-order valence-electron chi connectivity index (χ4n) is 2.70. The maximum Gasteiger partial charge on any atom is 0.254 e. The highest BCUT2D eigenvalue weighted by atomic mass is 19.1. The molecule has 4 heteroatoms. The number of carbonyl (C=O) groups is 1. The second kappa shape index (κ2) is 6.28. The van der Waals surface area contributed by atoms with Gasteiger partial charge < -0.3 is 9.80 Å². The Balaban J connectivity index is 1.88. The first-order valence-corrected chi connectivity index (χ1v) is 7.47. The molecule has 1 aliphatic rings. The number of hydrogen-bond acceptors (Lipinski definition) is 2. The molecule has 0 unspecified atom stereocenters. The molecule has 0 spiro atoms. The number of nitrogens with zero attached hydrogens (tertiary/aromatic N) is 2. The highest BCUT2D eigenvalue weighted by molar-refractivity contribution is 5.95. The number of hydrogen-bond donors (Lipinski definition) is 0. The molecule has 0 aliphatic carbocycles. The molecule has 2 aromatic rings. The summed E-state index contributed by atoms with van der Waals surface area (Å²) in [5, 5.41) is 0. The molecule has 114 valence electrons. The van der Waals surface area contributed by atoms with Gasteiger partial charge in [0.05, 0.1) is 0 Å². The van der Waals surface area contributed by atoms with Crippen molar-refractivity contribution in [3.8, 4) is 11.1 Å². The van der Waals surface area contributed by atoms with Crippen LogP contribution in [0.5, 0.6) is 0 Å². The standard InChI is InChI=1S/C18H19FN2O/c1-20-7-9-21(10-8-20)18(22)16-11-15(12-17(19)13-16)14-5-3-2-4-6-14/h2-6,11-13H,7-10H2,1H3. The van der Waals surface area contributed by atoms with E-state index in [0.29, 0.717) is 18.7 Å². The van der Waals surface area contributed by atoms with Crippen molar-refractivity contribution in [3.63, 3.8) is 0 Å². The van der Waals surface area contributed by atoms with E-state index in [1.54, 1.807) is 11.0 Å². The fraction of sp³-hybridized carbons (Fsp3) is 0.278. The van der Waals surface area contributed by atoms with E-state index in [2.05, 4.69) is 4.90 Å². The Labute approximate surface area is 130 Å². The lowest BCUT2D eigenvalue weighted by molar-refractivity contribution is 0.0663. The Kier molecular flexibility index (Phi) is 4.20. The Hall–Kier alpha value is -2.20. The first-order chi connectivity index (χ1) is 10.6. The average molecular weight is 298 g/mol. The van der Waals surface area contributed by atoms with Gasteiger partial charge in [-0.3, -0.25) is 4.79 Å². The molecule has 1 amide bonds. The van der Waals surface area contributed by atoms with Gasteiger partial charge >= 0.3 is 0 Å². The van der Waals surface area contributed by atoms with Crippen LogP contribution < -0.4 is 0 Å². The van der Waals surface area contributed by atoms with Gasteiger partial charge in [0.2, 0.25) is 0 Å². The Morgan fingerprint density at radius 1 is 0.955 bits per heavy atom. The summed E-state index contributed by atoms with van der Waals surface area (Å²) in [5.41, 5.74) is 2.07. The number of carbonyl (C=O) groups excluding carboxylic acids is 1. The quantitative estimate of drug-likeness (QED) is 0.851. The van der Waals surface area contributed by atoms with Crippen molar-refractivity contribution in [3.05, 3.63) is 59.9 Å². The smallest absolute Gasteiger partial charge is 0.254 e. The van der Waals surface area contributed by atoms with Crippen LogP contribution in [0.25, 0.3) is 11.1 Å². The van der Waals surface area contributed by atoms with Crippen molar-refractivity contribution < 1.29 is 9.18 Å². The molecule has 0 aromatic heterocycles. The summed E-state index contributed by atoms with van der Waals surface area (Å²) in [4.78, 5) is 16.6. The third-order valence-electron chi connectivity index (χ3n) is 4.04. The van der Waals surface area contributed by atoms with Crippen LogP contribution in [-0.4, -0.2) is 48.9 Å². The first kappa shape index (κ1) is 14.7. The van der Waals surface area contributed by atoms with Gasteiger partial charge in [0, 0.05) is 31.7 Å². The summed E-state index contributed by atoms with van der Waals surface area (Å²) in [6.45, 7) is 3.08. The molecule has 22 heavy (non-hydrogen) atoms. The van der Waals surface area contributed by atoms with Gasteiger partial charge in [0.25, 0.3) is 5.91 Å². The second-order valence-corrected chi connectivity index (χ2v) is 5.69. The van der Waals surface area contributed by atoms with Crippen LogP contribution in [0.4, 0.5) is 4.39 Å². The minimum absolute atomic E-state index is 0.0928. The van der Waals surface area contributed by atoms with Crippen LogP contribution in [-0.2, 0) is 0 Å². The second-order valence-electron chi connectivity index (χ2n) is 5.69. The van der Waals surface area contributed by atoms with Crippen LogP contribution in [0.15, 0.2) is 48.5 Å². The lowest BCUT2D eigenvalue weighted by Gasteiger charge is -2.32. The molecule has 3 nitrogen and oxygen atoms in total. The summed E-state index contributed by atoms with van der Waals surface area (Å²) in [6.07, 6.45) is 0. The highest BCUT2D eigenvalue weighted by Crippen LogP contribution is 2.22. The van der Waals surface area contributed by atoms with Crippen LogP contribution in [0, 0.1) is 5.82 Å². The summed E-state index contributed by atoms with van der Waals surface area (Å²) in [7, 11) is 2.04. The minimum Gasteiger partial charge on any atom is -0.336 e. The molecule has 1 fully saturated rings. The maximum atomic E-state index is 13.9. The van der Waals surface area contributed by atoms with Gasteiger partial charge in [0.1, 0.15) is 5.82 Å². The highest BCUT2D eigenvalue weighted by Gasteiger charge is 2.21. The van der Waals surface area contributed by atoms with E-state index >= 15 is 0 Å². The number of halogens is 1. The molecule has 0 bridgehead atoms. The molecular weight excluding hydrogens is 279 g/mol. The zero-order valence-electron chi connectivity index (χ0n) is 12.6. The minimum atomic E-state index is -0.376. The van der Waals surface area contributed by atoms with Gasteiger partial charge in [-0.1, -0.05) is 30.3 Å². The van der Waals surface area contributed by atoms with Gasteiger partial charge in [0.15, 0.2) is 0 Å². The van der Waals surface area contributed by atoms with E-state index in [1.807, 2.05) is 37.4 Å². The van der Waals surface area contributed by atoms with Crippen molar-refractivity contribution in [1.29, 1.82) is 0 Å². The summed E-state index contributed by atoms with van der Waals surface area (Å²) in [5.74, 6) is -0.469. The molecule has 3 rings (SSSR count). The Morgan fingerprint density at radius 3 is 2.32 bits per heavy atom. The largest absolute Gasteiger partial charge is 0.336 e.